The molecule has 7 heteroatoms. The Balaban J connectivity index is 1.78. The van der Waals surface area contributed by atoms with Crippen LogP contribution in [0.4, 0.5) is 16.4 Å². The lowest BCUT2D eigenvalue weighted by atomic mass is 10.2. The molecule has 0 aliphatic heterocycles. The van der Waals surface area contributed by atoms with E-state index in [4.69, 9.17) is 4.74 Å². The Morgan fingerprint density at radius 1 is 1.07 bits per heavy atom. The molecule has 1 heterocycles. The highest BCUT2D eigenvalue weighted by molar-refractivity contribution is 6.05. The first-order chi connectivity index (χ1) is 13.3. The number of nitrogens with zero attached hydrogens (tertiary/aromatic N) is 2. The van der Waals surface area contributed by atoms with E-state index in [1.54, 1.807) is 45.0 Å². The first-order valence-corrected chi connectivity index (χ1v) is 9.13. The molecule has 3 rings (SSSR count). The number of rotatable bonds is 4. The second-order valence-corrected chi connectivity index (χ2v) is 7.33. The summed E-state index contributed by atoms with van der Waals surface area (Å²) in [5, 5.41) is 5.49. The molecule has 1 aromatic heterocycles. The Bertz CT molecular complexity index is 1020. The van der Waals surface area contributed by atoms with E-state index in [1.807, 2.05) is 35.8 Å². The van der Waals surface area contributed by atoms with Gasteiger partial charge in [-0.1, -0.05) is 18.2 Å². The average molecular weight is 380 g/mol. The SMILES string of the molecule is CCn1c(NC(=O)c2cccc(NC(=O)OC(C)(C)C)c2)nc2ccccc21. The van der Waals surface area contributed by atoms with Crippen molar-refractivity contribution in [1.29, 1.82) is 0 Å². The van der Waals surface area contributed by atoms with Gasteiger partial charge in [-0.15, -0.1) is 0 Å². The number of fused-ring (bicyclic) bond motifs is 1. The minimum Gasteiger partial charge on any atom is -0.444 e. The maximum Gasteiger partial charge on any atom is 0.412 e. The second kappa shape index (κ2) is 7.72. The zero-order valence-corrected chi connectivity index (χ0v) is 16.4. The van der Waals surface area contributed by atoms with Crippen LogP contribution in [0, 0.1) is 0 Å². The summed E-state index contributed by atoms with van der Waals surface area (Å²) >= 11 is 0. The lowest BCUT2D eigenvalue weighted by Crippen LogP contribution is -2.27. The van der Waals surface area contributed by atoms with Gasteiger partial charge in [-0.2, -0.15) is 0 Å². The molecule has 0 spiro atoms. The standard InChI is InChI=1S/C21H24N4O3/c1-5-25-17-12-7-6-11-16(17)23-19(25)24-18(26)14-9-8-10-15(13-14)22-20(27)28-21(2,3)4/h6-13H,5H2,1-4H3,(H,22,27)(H,23,24,26). The van der Waals surface area contributed by atoms with Crippen molar-refractivity contribution in [3.05, 3.63) is 54.1 Å². The van der Waals surface area contributed by atoms with Crippen LogP contribution in [0.25, 0.3) is 11.0 Å². The fraction of sp³-hybridized carbons (Fsp3) is 0.286. The lowest BCUT2D eigenvalue weighted by Gasteiger charge is -2.19. The smallest absolute Gasteiger partial charge is 0.412 e. The zero-order valence-electron chi connectivity index (χ0n) is 16.4. The molecule has 2 aromatic carbocycles. The molecule has 0 saturated heterocycles. The van der Waals surface area contributed by atoms with E-state index < -0.39 is 11.7 Å². The van der Waals surface area contributed by atoms with Crippen molar-refractivity contribution < 1.29 is 14.3 Å². The van der Waals surface area contributed by atoms with Gasteiger partial charge >= 0.3 is 6.09 Å². The van der Waals surface area contributed by atoms with Gasteiger partial charge < -0.3 is 9.30 Å². The summed E-state index contributed by atoms with van der Waals surface area (Å²) in [7, 11) is 0. The molecule has 0 aliphatic rings. The van der Waals surface area contributed by atoms with E-state index in [0.717, 1.165) is 11.0 Å². The van der Waals surface area contributed by atoms with Crippen LogP contribution in [0.15, 0.2) is 48.5 Å². The van der Waals surface area contributed by atoms with Gasteiger partial charge in [0.2, 0.25) is 5.95 Å². The summed E-state index contributed by atoms with van der Waals surface area (Å²) in [4.78, 5) is 29.2. The molecule has 3 aromatic rings. The Hall–Kier alpha value is -3.35. The number of ether oxygens (including phenoxy) is 1. The number of carbonyl (C=O) groups excluding carboxylic acids is 2. The van der Waals surface area contributed by atoms with Gasteiger partial charge in [0.1, 0.15) is 5.60 Å². The predicted octanol–water partition coefficient (Wildman–Crippen LogP) is 4.66. The van der Waals surface area contributed by atoms with Gasteiger partial charge in [-0.25, -0.2) is 9.78 Å². The van der Waals surface area contributed by atoms with Crippen molar-refractivity contribution in [2.45, 2.75) is 39.8 Å². The fourth-order valence-corrected chi connectivity index (χ4v) is 2.82. The van der Waals surface area contributed by atoms with E-state index in [1.165, 1.54) is 0 Å². The van der Waals surface area contributed by atoms with E-state index in [-0.39, 0.29) is 5.91 Å². The number of benzene rings is 2. The highest BCUT2D eigenvalue weighted by Gasteiger charge is 2.17. The maximum absolute atomic E-state index is 12.7. The Morgan fingerprint density at radius 3 is 2.54 bits per heavy atom. The minimum absolute atomic E-state index is 0.308. The molecule has 0 radical (unpaired) electrons. The van der Waals surface area contributed by atoms with Crippen LogP contribution in [0.2, 0.25) is 0 Å². The summed E-state index contributed by atoms with van der Waals surface area (Å²) in [5.41, 5.74) is 2.06. The Morgan fingerprint density at radius 2 is 1.82 bits per heavy atom. The van der Waals surface area contributed by atoms with E-state index in [2.05, 4.69) is 15.6 Å². The highest BCUT2D eigenvalue weighted by Crippen LogP contribution is 2.20. The van der Waals surface area contributed by atoms with Gasteiger partial charge in [0.15, 0.2) is 0 Å². The first-order valence-electron chi connectivity index (χ1n) is 9.13. The molecule has 0 saturated carbocycles. The summed E-state index contributed by atoms with van der Waals surface area (Å²) in [5.74, 6) is 0.178. The molecule has 0 aliphatic carbocycles. The monoisotopic (exact) mass is 380 g/mol. The number of carbonyl (C=O) groups is 2. The van der Waals surface area contributed by atoms with Crippen LogP contribution < -0.4 is 10.6 Å². The van der Waals surface area contributed by atoms with E-state index in [9.17, 15) is 9.59 Å². The lowest BCUT2D eigenvalue weighted by molar-refractivity contribution is 0.0635. The number of amides is 2. The summed E-state index contributed by atoms with van der Waals surface area (Å²) < 4.78 is 7.18. The van der Waals surface area contributed by atoms with Crippen molar-refractivity contribution in [2.24, 2.45) is 0 Å². The number of hydrogen-bond donors (Lipinski definition) is 2. The molecule has 28 heavy (non-hydrogen) atoms. The van der Waals surface area contributed by atoms with Crippen molar-refractivity contribution in [1.82, 2.24) is 9.55 Å². The Kier molecular flexibility index (Phi) is 5.35. The zero-order chi connectivity index (χ0) is 20.3. The highest BCUT2D eigenvalue weighted by atomic mass is 16.6. The van der Waals surface area contributed by atoms with Crippen molar-refractivity contribution in [3.63, 3.8) is 0 Å². The van der Waals surface area contributed by atoms with Crippen LogP contribution in [-0.2, 0) is 11.3 Å². The van der Waals surface area contributed by atoms with Crippen molar-refractivity contribution >= 4 is 34.7 Å². The van der Waals surface area contributed by atoms with Gasteiger partial charge in [0.05, 0.1) is 11.0 Å². The normalized spacial score (nSPS) is 11.3. The molecule has 0 fully saturated rings. The van der Waals surface area contributed by atoms with Crippen molar-refractivity contribution in [2.75, 3.05) is 10.6 Å². The minimum atomic E-state index is -0.599. The van der Waals surface area contributed by atoms with Gasteiger partial charge in [-0.3, -0.25) is 15.4 Å². The first kappa shape index (κ1) is 19.4. The number of aromatic nitrogens is 2. The quantitative estimate of drug-likeness (QED) is 0.690. The van der Waals surface area contributed by atoms with E-state index in [0.29, 0.717) is 23.7 Å². The number of anilines is 2. The fourth-order valence-electron chi connectivity index (χ4n) is 2.82. The largest absolute Gasteiger partial charge is 0.444 e. The molecular formula is C21H24N4O3. The molecule has 2 amide bonds. The third kappa shape index (κ3) is 4.49. The van der Waals surface area contributed by atoms with Crippen LogP contribution >= 0.6 is 0 Å². The number of hydrogen-bond acceptors (Lipinski definition) is 4. The van der Waals surface area contributed by atoms with Gasteiger partial charge in [0, 0.05) is 17.8 Å². The average Bonchev–Trinajstić information content (AvgIpc) is 2.97. The molecular weight excluding hydrogens is 356 g/mol. The summed E-state index contributed by atoms with van der Waals surface area (Å²) in [6.07, 6.45) is -0.571. The number of nitrogens with one attached hydrogen (secondary N) is 2. The number of para-hydroxylation sites is 2. The molecule has 0 unspecified atom stereocenters. The molecule has 146 valence electrons. The van der Waals surface area contributed by atoms with Crippen molar-refractivity contribution in [3.8, 4) is 0 Å². The summed E-state index contributed by atoms with van der Waals surface area (Å²) in [6, 6.07) is 14.4. The maximum atomic E-state index is 12.7. The van der Waals surface area contributed by atoms with Crippen LogP contribution in [-0.4, -0.2) is 27.2 Å². The summed E-state index contributed by atoms with van der Waals surface area (Å²) in [6.45, 7) is 8.04. The van der Waals surface area contributed by atoms with Gasteiger partial charge in [-0.05, 0) is 58.0 Å². The van der Waals surface area contributed by atoms with Crippen LogP contribution in [0.5, 0.6) is 0 Å². The van der Waals surface area contributed by atoms with Crippen LogP contribution in [0.1, 0.15) is 38.1 Å². The number of imidazole rings is 1. The molecule has 2 N–H and O–H groups in total. The number of aryl methyl sites for hydroxylation is 1. The second-order valence-electron chi connectivity index (χ2n) is 7.33. The molecule has 0 atom stereocenters. The van der Waals surface area contributed by atoms with E-state index >= 15 is 0 Å². The van der Waals surface area contributed by atoms with Gasteiger partial charge in [0.25, 0.3) is 5.91 Å². The Labute approximate surface area is 163 Å². The third-order valence-electron chi connectivity index (χ3n) is 3.97. The molecule has 7 nitrogen and oxygen atoms in total. The predicted molar refractivity (Wildman–Crippen MR) is 110 cm³/mol. The molecule has 0 bridgehead atoms. The topological polar surface area (TPSA) is 85.2 Å². The third-order valence-corrected chi connectivity index (χ3v) is 3.97. The van der Waals surface area contributed by atoms with Crippen LogP contribution in [0.3, 0.4) is 0 Å².